The van der Waals surface area contributed by atoms with Gasteiger partial charge in [0.15, 0.2) is 0 Å². The molecule has 5 nitrogen and oxygen atoms in total. The van der Waals surface area contributed by atoms with Crippen molar-refractivity contribution in [3.05, 3.63) is 12.2 Å². The molecular weight excluding hydrogens is 221 g/mol. The van der Waals surface area contributed by atoms with E-state index >= 15 is 0 Å². The van der Waals surface area contributed by atoms with Gasteiger partial charge >= 0.3 is 29.6 Å². The molecule has 7 heteroatoms. The molecule has 78 valence electrons. The van der Waals surface area contributed by atoms with Crippen molar-refractivity contribution in [2.75, 3.05) is 6.61 Å². The van der Waals surface area contributed by atoms with Crippen LogP contribution in [-0.2, 0) is 0 Å². The molecule has 0 saturated heterocycles. The van der Waals surface area contributed by atoms with Gasteiger partial charge in [-0.15, -0.1) is 12.4 Å². The van der Waals surface area contributed by atoms with E-state index in [1.54, 1.807) is 0 Å². The number of halogens is 1. The molecule has 1 aliphatic carbocycles. The number of nitrogens with two attached hydrogens (primary N) is 1. The zero-order valence-electron chi connectivity index (χ0n) is 7.92. The van der Waals surface area contributed by atoms with Gasteiger partial charge in [-0.05, 0) is 6.42 Å². The van der Waals surface area contributed by atoms with Crippen LogP contribution in [0.25, 0.3) is 0 Å². The molecule has 0 aromatic heterocycles. The molecule has 0 unspecified atom stereocenters. The van der Waals surface area contributed by atoms with Crippen LogP contribution in [0.5, 0.6) is 0 Å². The van der Waals surface area contributed by atoms with Gasteiger partial charge in [-0.25, -0.2) is 0 Å². The smallest absolute Gasteiger partial charge is 0.565 e. The summed E-state index contributed by atoms with van der Waals surface area (Å²) in [5.41, 5.74) is 5.50. The zero-order chi connectivity index (χ0) is 9.56. The van der Waals surface area contributed by atoms with Gasteiger partial charge in [0, 0.05) is 18.6 Å². The molecule has 0 fully saturated rings. The SMILES string of the molecule is Cl.N[C@H]1C=C[C@@H](CO)C1.O=C([O-])O.[Na+]. The average Bonchev–Trinajstić information content (AvgIpc) is 2.34. The Kier molecular flexibility index (Phi) is 15.9. The van der Waals surface area contributed by atoms with Crippen LogP contribution in [0.15, 0.2) is 12.2 Å². The molecule has 0 heterocycles. The number of aliphatic hydroxyl groups is 1. The maximum atomic E-state index is 8.58. The first-order chi connectivity index (χ1) is 5.56. The Bertz CT molecular complexity index is 175. The summed E-state index contributed by atoms with van der Waals surface area (Å²) in [4.78, 5) is 8.44. The summed E-state index contributed by atoms with van der Waals surface area (Å²) >= 11 is 0. The maximum Gasteiger partial charge on any atom is 1.00 e. The molecular formula is C7H13ClNNaO4. The van der Waals surface area contributed by atoms with E-state index in [9.17, 15) is 0 Å². The monoisotopic (exact) mass is 233 g/mol. The van der Waals surface area contributed by atoms with Crippen LogP contribution < -0.4 is 40.4 Å². The van der Waals surface area contributed by atoms with Crippen LogP contribution >= 0.6 is 12.4 Å². The molecule has 0 spiro atoms. The summed E-state index contributed by atoms with van der Waals surface area (Å²) in [6.45, 7) is 0.240. The van der Waals surface area contributed by atoms with Crippen LogP contribution in [0.1, 0.15) is 6.42 Å². The number of rotatable bonds is 1. The van der Waals surface area contributed by atoms with Gasteiger partial charge in [-0.1, -0.05) is 12.2 Å². The Balaban J connectivity index is -0.000000180. The number of carbonyl (C=O) groups is 1. The first-order valence-electron chi connectivity index (χ1n) is 3.51. The normalized spacial score (nSPS) is 22.4. The Morgan fingerprint density at radius 1 is 1.57 bits per heavy atom. The number of aliphatic hydroxyl groups excluding tert-OH is 1. The average molecular weight is 234 g/mol. The summed E-state index contributed by atoms with van der Waals surface area (Å²) in [7, 11) is 0. The van der Waals surface area contributed by atoms with E-state index in [4.69, 9.17) is 25.8 Å². The minimum absolute atomic E-state index is 0. The van der Waals surface area contributed by atoms with Crippen LogP contribution in [-0.4, -0.2) is 29.0 Å². The molecule has 1 rings (SSSR count). The van der Waals surface area contributed by atoms with Gasteiger partial charge in [-0.2, -0.15) is 0 Å². The standard InChI is InChI=1S/C6H11NO.CH2O3.ClH.Na/c7-6-2-1-5(3-6)4-8;2-1(3)4;;/h1-2,5-6,8H,3-4,7H2;(H2,2,3,4);1H;/q;;;+1/p-1/t5-,6+;;;/m1.../s1. The van der Waals surface area contributed by atoms with Crippen LogP contribution in [0, 0.1) is 5.92 Å². The fourth-order valence-corrected chi connectivity index (χ4v) is 0.942. The quantitative estimate of drug-likeness (QED) is 0.318. The third-order valence-electron chi connectivity index (χ3n) is 1.44. The van der Waals surface area contributed by atoms with Gasteiger partial charge in [0.25, 0.3) is 0 Å². The second-order valence-electron chi connectivity index (χ2n) is 2.49. The molecule has 1 aliphatic rings. The molecule has 0 radical (unpaired) electrons. The molecule has 0 bridgehead atoms. The second-order valence-corrected chi connectivity index (χ2v) is 2.49. The minimum Gasteiger partial charge on any atom is -0.565 e. The van der Waals surface area contributed by atoms with Gasteiger partial charge < -0.3 is 25.8 Å². The van der Waals surface area contributed by atoms with Crippen molar-refractivity contribution in [3.63, 3.8) is 0 Å². The Morgan fingerprint density at radius 3 is 2.14 bits per heavy atom. The van der Waals surface area contributed by atoms with Gasteiger partial charge in [0.05, 0.1) is 0 Å². The maximum absolute atomic E-state index is 8.58. The largest absolute Gasteiger partial charge is 1.00 e. The Hall–Kier alpha value is 0.220. The third-order valence-corrected chi connectivity index (χ3v) is 1.44. The molecule has 0 amide bonds. The van der Waals surface area contributed by atoms with Gasteiger partial charge in [-0.3, -0.25) is 0 Å². The summed E-state index contributed by atoms with van der Waals surface area (Å²) in [6, 6.07) is 0.187. The minimum atomic E-state index is -2.08. The molecule has 4 N–H and O–H groups in total. The Morgan fingerprint density at radius 2 is 2.00 bits per heavy atom. The van der Waals surface area contributed by atoms with Crippen molar-refractivity contribution >= 4 is 18.6 Å². The second kappa shape index (κ2) is 11.3. The summed E-state index contributed by atoms with van der Waals surface area (Å²) in [5, 5.41) is 23.9. The van der Waals surface area contributed by atoms with E-state index in [1.165, 1.54) is 0 Å². The predicted molar refractivity (Wildman–Crippen MR) is 47.6 cm³/mol. The molecule has 2 atom stereocenters. The molecule has 0 saturated carbocycles. The first kappa shape index (κ1) is 19.7. The van der Waals surface area contributed by atoms with Crippen LogP contribution in [0.4, 0.5) is 4.79 Å². The van der Waals surface area contributed by atoms with E-state index in [-0.39, 0.29) is 54.6 Å². The Labute approximate surface area is 111 Å². The van der Waals surface area contributed by atoms with Gasteiger partial charge in [0.1, 0.15) is 0 Å². The topological polar surface area (TPSA) is 107 Å². The first-order valence-corrected chi connectivity index (χ1v) is 3.51. The van der Waals surface area contributed by atoms with Crippen molar-refractivity contribution in [2.24, 2.45) is 11.7 Å². The van der Waals surface area contributed by atoms with Crippen molar-refractivity contribution < 1.29 is 49.7 Å². The van der Waals surface area contributed by atoms with E-state index in [0.717, 1.165) is 6.42 Å². The van der Waals surface area contributed by atoms with Crippen molar-refractivity contribution in [1.82, 2.24) is 0 Å². The van der Waals surface area contributed by atoms with E-state index < -0.39 is 6.16 Å². The summed E-state index contributed by atoms with van der Waals surface area (Å²) in [5.74, 6) is 0.324. The summed E-state index contributed by atoms with van der Waals surface area (Å²) < 4.78 is 0. The fraction of sp³-hybridized carbons (Fsp3) is 0.571. The van der Waals surface area contributed by atoms with Crippen molar-refractivity contribution in [2.45, 2.75) is 12.5 Å². The number of hydrogen-bond donors (Lipinski definition) is 3. The number of hydrogen-bond acceptors (Lipinski definition) is 4. The van der Waals surface area contributed by atoms with E-state index in [1.807, 2.05) is 12.2 Å². The third kappa shape index (κ3) is 12.2. The molecule has 0 aromatic rings. The zero-order valence-corrected chi connectivity index (χ0v) is 10.7. The van der Waals surface area contributed by atoms with E-state index in [0.29, 0.717) is 5.92 Å². The molecule has 14 heavy (non-hydrogen) atoms. The molecule has 0 aromatic carbocycles. The fourth-order valence-electron chi connectivity index (χ4n) is 0.942. The van der Waals surface area contributed by atoms with Crippen LogP contribution in [0.2, 0.25) is 0 Å². The number of carboxylic acid groups (broad SMARTS) is 2. The molecule has 0 aliphatic heterocycles. The summed E-state index contributed by atoms with van der Waals surface area (Å²) in [6.07, 6.45) is 2.75. The predicted octanol–water partition coefficient (Wildman–Crippen LogP) is -3.80. The van der Waals surface area contributed by atoms with Gasteiger partial charge in [0.2, 0.25) is 6.16 Å². The van der Waals surface area contributed by atoms with E-state index in [2.05, 4.69) is 0 Å². The van der Waals surface area contributed by atoms with Crippen LogP contribution in [0.3, 0.4) is 0 Å². The van der Waals surface area contributed by atoms with Crippen molar-refractivity contribution in [1.29, 1.82) is 0 Å². The van der Waals surface area contributed by atoms with Crippen molar-refractivity contribution in [3.8, 4) is 0 Å².